The molecule has 1 aliphatic heterocycles. The summed E-state index contributed by atoms with van der Waals surface area (Å²) in [6, 6.07) is 22.6. The Morgan fingerprint density at radius 1 is 1.08 bits per heavy atom. The van der Waals surface area contributed by atoms with Gasteiger partial charge < -0.3 is 9.52 Å². The number of fused-ring (bicyclic) bond motifs is 1. The average molecular weight is 639 g/mol. The topological polar surface area (TPSA) is 96.5 Å². The van der Waals surface area contributed by atoms with Crippen LogP contribution in [0.4, 0.5) is 5.13 Å². The van der Waals surface area contributed by atoms with Crippen LogP contribution in [-0.4, -0.2) is 27.0 Å². The Morgan fingerprint density at radius 3 is 2.64 bits per heavy atom. The van der Waals surface area contributed by atoms with Crippen molar-refractivity contribution in [3.63, 3.8) is 0 Å². The predicted octanol–water partition coefficient (Wildman–Crippen LogP) is 7.78. The van der Waals surface area contributed by atoms with Gasteiger partial charge in [-0.05, 0) is 47.5 Å². The van der Waals surface area contributed by atoms with Gasteiger partial charge >= 0.3 is 0 Å². The molecule has 3 heterocycles. The number of furan rings is 1. The van der Waals surface area contributed by atoms with Crippen molar-refractivity contribution in [2.45, 2.75) is 16.1 Å². The van der Waals surface area contributed by atoms with Gasteiger partial charge in [-0.1, -0.05) is 93.1 Å². The number of aliphatic hydroxyl groups is 1. The monoisotopic (exact) mass is 637 g/mol. The number of carbonyl (C=O) groups is 2. The Labute approximate surface area is 244 Å². The Balaban J connectivity index is 1.36. The van der Waals surface area contributed by atoms with Gasteiger partial charge in [0.25, 0.3) is 5.91 Å². The molecule has 194 valence electrons. The summed E-state index contributed by atoms with van der Waals surface area (Å²) in [5.41, 5.74) is 2.13. The van der Waals surface area contributed by atoms with Crippen LogP contribution in [0.3, 0.4) is 0 Å². The molecule has 1 atom stereocenters. The van der Waals surface area contributed by atoms with Crippen molar-refractivity contribution in [1.82, 2.24) is 10.2 Å². The molecule has 5 aromatic rings. The van der Waals surface area contributed by atoms with E-state index in [4.69, 9.17) is 16.0 Å². The quantitative estimate of drug-likeness (QED) is 0.110. The third kappa shape index (κ3) is 5.00. The number of carbonyl (C=O) groups excluding carboxylic acids is 2. The Hall–Kier alpha value is -3.44. The second-order valence-corrected chi connectivity index (χ2v) is 12.2. The van der Waals surface area contributed by atoms with Crippen LogP contribution in [0.5, 0.6) is 0 Å². The zero-order chi connectivity index (χ0) is 27.1. The highest BCUT2D eigenvalue weighted by molar-refractivity contribution is 9.10. The van der Waals surface area contributed by atoms with Gasteiger partial charge in [0.15, 0.2) is 15.9 Å². The molecule has 1 N–H and O–H groups in total. The molecule has 6 rings (SSSR count). The van der Waals surface area contributed by atoms with Gasteiger partial charge in [-0.15, -0.1) is 10.2 Å². The number of para-hydroxylation sites is 1. The number of aliphatic hydroxyl groups excluding tert-OH is 1. The third-order valence-electron chi connectivity index (χ3n) is 6.14. The largest absolute Gasteiger partial charge is 0.503 e. The van der Waals surface area contributed by atoms with E-state index < -0.39 is 23.5 Å². The minimum Gasteiger partial charge on any atom is -0.503 e. The number of hydrogen-bond acceptors (Lipinski definition) is 8. The zero-order valence-corrected chi connectivity index (χ0v) is 23.9. The molecule has 2 aromatic heterocycles. The van der Waals surface area contributed by atoms with Crippen molar-refractivity contribution in [2.24, 2.45) is 0 Å². The predicted molar refractivity (Wildman–Crippen MR) is 155 cm³/mol. The number of Topliss-reactive ketones (excluding diaryl/α,β-unsaturated/α-hetero) is 1. The van der Waals surface area contributed by atoms with Crippen LogP contribution in [0.2, 0.25) is 5.02 Å². The van der Waals surface area contributed by atoms with E-state index in [1.165, 1.54) is 28.0 Å². The molecule has 0 saturated heterocycles. The average Bonchev–Trinajstić information content (AvgIpc) is 3.64. The first kappa shape index (κ1) is 25.8. The number of thioether (sulfide) groups is 1. The van der Waals surface area contributed by atoms with Crippen molar-refractivity contribution in [1.29, 1.82) is 0 Å². The molecule has 11 heteroatoms. The Bertz CT molecular complexity index is 1730. The van der Waals surface area contributed by atoms with Gasteiger partial charge in [-0.2, -0.15) is 0 Å². The second kappa shape index (κ2) is 10.6. The summed E-state index contributed by atoms with van der Waals surface area (Å²) in [5.74, 6) is -1.29. The van der Waals surface area contributed by atoms with E-state index in [0.717, 1.165) is 15.4 Å². The van der Waals surface area contributed by atoms with Crippen molar-refractivity contribution < 1.29 is 19.1 Å². The number of aromatic nitrogens is 2. The molecule has 3 aromatic carbocycles. The number of ketones is 1. The fourth-order valence-corrected chi connectivity index (χ4v) is 6.70. The molecule has 7 nitrogen and oxygen atoms in total. The fourth-order valence-electron chi connectivity index (χ4n) is 4.34. The maximum Gasteiger partial charge on any atom is 0.296 e. The first-order valence-corrected chi connectivity index (χ1v) is 14.6. The number of nitrogens with zero attached hydrogens (tertiary/aromatic N) is 3. The normalized spacial score (nSPS) is 15.5. The molecule has 0 radical (unpaired) electrons. The van der Waals surface area contributed by atoms with Crippen LogP contribution in [0, 0.1) is 0 Å². The van der Waals surface area contributed by atoms with Gasteiger partial charge in [0.2, 0.25) is 10.9 Å². The summed E-state index contributed by atoms with van der Waals surface area (Å²) in [6.45, 7) is 0. The van der Waals surface area contributed by atoms with Crippen LogP contribution in [0.25, 0.3) is 11.0 Å². The lowest BCUT2D eigenvalue weighted by molar-refractivity contribution is -0.117. The molecule has 1 amide bonds. The summed E-state index contributed by atoms with van der Waals surface area (Å²) in [5, 5.41) is 21.2. The molecule has 0 saturated carbocycles. The minimum absolute atomic E-state index is 0.0314. The number of halogens is 2. The molecule has 0 fully saturated rings. The van der Waals surface area contributed by atoms with Gasteiger partial charge in [0.05, 0.1) is 11.6 Å². The molecule has 0 spiro atoms. The first-order valence-electron chi connectivity index (χ1n) is 11.7. The molecular formula is C28H17BrClN3O4S2. The van der Waals surface area contributed by atoms with E-state index in [1.54, 1.807) is 36.4 Å². The van der Waals surface area contributed by atoms with Crippen LogP contribution < -0.4 is 4.90 Å². The van der Waals surface area contributed by atoms with Crippen molar-refractivity contribution in [3.05, 3.63) is 117 Å². The van der Waals surface area contributed by atoms with Gasteiger partial charge in [-0.3, -0.25) is 14.5 Å². The van der Waals surface area contributed by atoms with Crippen LogP contribution in [0.15, 0.2) is 103 Å². The lowest BCUT2D eigenvalue weighted by Gasteiger charge is -2.24. The fraction of sp³-hybridized carbons (Fsp3) is 0.0714. The van der Waals surface area contributed by atoms with Crippen LogP contribution in [-0.2, 0) is 10.5 Å². The van der Waals surface area contributed by atoms with Crippen LogP contribution >= 0.6 is 50.6 Å². The number of hydrogen-bond donors (Lipinski definition) is 1. The highest BCUT2D eigenvalue weighted by atomic mass is 79.9. The lowest BCUT2D eigenvalue weighted by Crippen LogP contribution is -2.31. The number of anilines is 1. The maximum atomic E-state index is 13.8. The summed E-state index contributed by atoms with van der Waals surface area (Å²) in [6.07, 6.45) is 0. The summed E-state index contributed by atoms with van der Waals surface area (Å²) in [4.78, 5) is 28.5. The number of amides is 1. The van der Waals surface area contributed by atoms with Gasteiger partial charge in [0.1, 0.15) is 5.58 Å². The maximum absolute atomic E-state index is 13.8. The lowest BCUT2D eigenvalue weighted by atomic mass is 9.95. The van der Waals surface area contributed by atoms with Crippen LogP contribution in [0.1, 0.15) is 27.7 Å². The Morgan fingerprint density at radius 2 is 1.87 bits per heavy atom. The van der Waals surface area contributed by atoms with E-state index >= 15 is 0 Å². The first-order chi connectivity index (χ1) is 18.9. The molecule has 1 aliphatic rings. The smallest absolute Gasteiger partial charge is 0.296 e. The molecule has 0 aliphatic carbocycles. The van der Waals surface area contributed by atoms with Crippen molar-refractivity contribution in [2.75, 3.05) is 4.90 Å². The minimum atomic E-state index is -0.933. The second-order valence-electron chi connectivity index (χ2n) is 8.64. The van der Waals surface area contributed by atoms with Crippen molar-refractivity contribution in [3.8, 4) is 0 Å². The molecule has 39 heavy (non-hydrogen) atoms. The molecule has 0 unspecified atom stereocenters. The summed E-state index contributed by atoms with van der Waals surface area (Å²) in [7, 11) is 0. The molecular weight excluding hydrogens is 622 g/mol. The van der Waals surface area contributed by atoms with E-state index in [2.05, 4.69) is 26.1 Å². The summed E-state index contributed by atoms with van der Waals surface area (Å²) < 4.78 is 7.18. The number of benzene rings is 3. The zero-order valence-electron chi connectivity index (χ0n) is 19.9. The van der Waals surface area contributed by atoms with Gasteiger partial charge in [0, 0.05) is 20.6 Å². The highest BCUT2D eigenvalue weighted by Gasteiger charge is 2.46. The van der Waals surface area contributed by atoms with E-state index in [0.29, 0.717) is 26.3 Å². The Kier molecular flexibility index (Phi) is 7.03. The van der Waals surface area contributed by atoms with E-state index in [1.807, 2.05) is 42.5 Å². The van der Waals surface area contributed by atoms with Gasteiger partial charge in [-0.25, -0.2) is 0 Å². The number of rotatable bonds is 7. The molecule has 0 bridgehead atoms. The third-order valence-corrected chi connectivity index (χ3v) is 9.02. The summed E-state index contributed by atoms with van der Waals surface area (Å²) >= 11 is 12.1. The SMILES string of the molecule is O=C(C1=C(O)C(=O)N(c2nnc(SCc3ccc(Cl)cc3)s2)[C@H]1c1cccc(Br)c1)c1cc2ccccc2o1. The highest BCUT2D eigenvalue weighted by Crippen LogP contribution is 2.44. The van der Waals surface area contributed by atoms with Crippen molar-refractivity contribution >= 4 is 78.4 Å². The van der Waals surface area contributed by atoms with E-state index in [-0.39, 0.29) is 16.5 Å². The van der Waals surface area contributed by atoms with E-state index in [9.17, 15) is 14.7 Å². The standard InChI is InChI=1S/C28H17BrClN3O4S2/c29-18-6-3-5-17(12-18)23-22(24(34)21-13-16-4-1-2-7-20(16)37-21)25(35)26(36)33(23)27-31-32-28(39-27)38-14-15-8-10-19(30)11-9-15/h1-13,23,35H,14H2/t23-/m0/s1.